The summed E-state index contributed by atoms with van der Waals surface area (Å²) in [4.78, 5) is 12.9. The zero-order valence-electron chi connectivity index (χ0n) is 12.0. The molecule has 1 N–H and O–H groups in total. The molecule has 2 aromatic heterocycles. The van der Waals surface area contributed by atoms with Crippen molar-refractivity contribution in [2.45, 2.75) is 13.8 Å². The zero-order chi connectivity index (χ0) is 14.7. The Morgan fingerprint density at radius 1 is 1.14 bits per heavy atom. The second kappa shape index (κ2) is 5.75. The molecule has 0 aliphatic carbocycles. The number of nitrogens with zero attached hydrogens (tertiary/aromatic N) is 3. The largest absolute Gasteiger partial charge is 0.437 e. The van der Waals surface area contributed by atoms with E-state index >= 15 is 0 Å². The minimum absolute atomic E-state index is 0.540. The van der Waals surface area contributed by atoms with Gasteiger partial charge in [-0.3, -0.25) is 4.98 Å². The van der Waals surface area contributed by atoms with Crippen LogP contribution in [0.3, 0.4) is 0 Å². The first-order valence-electron chi connectivity index (χ1n) is 6.86. The monoisotopic (exact) mass is 280 g/mol. The van der Waals surface area contributed by atoms with E-state index in [4.69, 9.17) is 4.74 Å². The third kappa shape index (κ3) is 2.91. The van der Waals surface area contributed by atoms with Crippen molar-refractivity contribution >= 4 is 16.9 Å². The summed E-state index contributed by atoms with van der Waals surface area (Å²) in [5.74, 6) is 1.77. The van der Waals surface area contributed by atoms with Crippen LogP contribution in [0, 0.1) is 6.92 Å². The average Bonchev–Trinajstić information content (AvgIpc) is 2.51. The van der Waals surface area contributed by atoms with Gasteiger partial charge in [-0.05, 0) is 26.0 Å². The summed E-state index contributed by atoms with van der Waals surface area (Å²) in [5.41, 5.74) is 1.82. The number of rotatable bonds is 4. The molecule has 0 unspecified atom stereocenters. The van der Waals surface area contributed by atoms with Crippen LogP contribution in [-0.2, 0) is 0 Å². The molecule has 5 heteroatoms. The van der Waals surface area contributed by atoms with E-state index < -0.39 is 0 Å². The fourth-order valence-electron chi connectivity index (χ4n) is 1.99. The number of hydrogen-bond acceptors (Lipinski definition) is 5. The minimum atomic E-state index is 0.540. The van der Waals surface area contributed by atoms with Crippen molar-refractivity contribution in [1.29, 1.82) is 0 Å². The van der Waals surface area contributed by atoms with Crippen LogP contribution in [-0.4, -0.2) is 21.5 Å². The van der Waals surface area contributed by atoms with Gasteiger partial charge in [0.15, 0.2) is 0 Å². The Kier molecular flexibility index (Phi) is 3.64. The lowest BCUT2D eigenvalue weighted by Crippen LogP contribution is -2.03. The normalized spacial score (nSPS) is 10.6. The van der Waals surface area contributed by atoms with Crippen LogP contribution >= 0.6 is 0 Å². The van der Waals surface area contributed by atoms with Gasteiger partial charge in [-0.25, -0.2) is 4.98 Å². The Bertz CT molecular complexity index is 773. The summed E-state index contributed by atoms with van der Waals surface area (Å²) in [7, 11) is 0. The highest BCUT2D eigenvalue weighted by Crippen LogP contribution is 2.25. The van der Waals surface area contributed by atoms with Crippen molar-refractivity contribution in [2.75, 3.05) is 11.9 Å². The second-order valence-corrected chi connectivity index (χ2v) is 4.68. The second-order valence-electron chi connectivity index (χ2n) is 4.68. The van der Waals surface area contributed by atoms with Crippen molar-refractivity contribution in [3.63, 3.8) is 0 Å². The molecule has 0 saturated heterocycles. The van der Waals surface area contributed by atoms with Crippen LogP contribution in [0.1, 0.15) is 12.5 Å². The van der Waals surface area contributed by atoms with Crippen molar-refractivity contribution < 1.29 is 4.74 Å². The summed E-state index contributed by atoms with van der Waals surface area (Å²) in [6.45, 7) is 4.68. The number of para-hydroxylation sites is 1. The molecule has 0 aliphatic heterocycles. The first-order valence-corrected chi connectivity index (χ1v) is 6.86. The maximum absolute atomic E-state index is 5.85. The highest BCUT2D eigenvalue weighted by Gasteiger charge is 2.07. The number of benzene rings is 1. The Balaban J connectivity index is 1.92. The van der Waals surface area contributed by atoms with E-state index in [0.29, 0.717) is 17.6 Å². The average molecular weight is 280 g/mol. The highest BCUT2D eigenvalue weighted by molar-refractivity contribution is 5.79. The lowest BCUT2D eigenvalue weighted by Gasteiger charge is -2.09. The smallest absolute Gasteiger partial charge is 0.227 e. The first-order chi connectivity index (χ1) is 10.3. The number of fused-ring (bicyclic) bond motifs is 1. The Morgan fingerprint density at radius 2 is 2.00 bits per heavy atom. The third-order valence-corrected chi connectivity index (χ3v) is 3.04. The molecule has 0 radical (unpaired) electrons. The van der Waals surface area contributed by atoms with Crippen LogP contribution in [0.5, 0.6) is 11.6 Å². The molecule has 106 valence electrons. The molecule has 0 bridgehead atoms. The van der Waals surface area contributed by atoms with Gasteiger partial charge in [-0.15, -0.1) is 0 Å². The topological polar surface area (TPSA) is 59.9 Å². The summed E-state index contributed by atoms with van der Waals surface area (Å²) in [5, 5.41) is 4.11. The van der Waals surface area contributed by atoms with E-state index in [9.17, 15) is 0 Å². The molecule has 2 heterocycles. The van der Waals surface area contributed by atoms with Gasteiger partial charge >= 0.3 is 0 Å². The Hall–Kier alpha value is -2.69. The molecule has 0 fully saturated rings. The highest BCUT2D eigenvalue weighted by atomic mass is 16.5. The molecular formula is C16H16N4O. The van der Waals surface area contributed by atoms with E-state index in [1.165, 1.54) is 0 Å². The molecule has 0 saturated carbocycles. The number of aryl methyl sites for hydroxylation is 1. The van der Waals surface area contributed by atoms with Gasteiger partial charge in [0.2, 0.25) is 11.8 Å². The van der Waals surface area contributed by atoms with Crippen molar-refractivity contribution in [1.82, 2.24) is 15.0 Å². The van der Waals surface area contributed by atoms with Crippen LogP contribution in [0.25, 0.3) is 10.9 Å². The third-order valence-electron chi connectivity index (χ3n) is 3.04. The lowest BCUT2D eigenvalue weighted by molar-refractivity contribution is 0.457. The molecule has 21 heavy (non-hydrogen) atoms. The van der Waals surface area contributed by atoms with E-state index in [1.807, 2.05) is 44.2 Å². The Labute approximate surface area is 123 Å². The van der Waals surface area contributed by atoms with Gasteiger partial charge in [0.05, 0.1) is 11.7 Å². The van der Waals surface area contributed by atoms with Crippen LogP contribution < -0.4 is 10.1 Å². The fourth-order valence-corrected chi connectivity index (χ4v) is 1.99. The summed E-state index contributed by atoms with van der Waals surface area (Å²) in [6.07, 6.45) is 3.45. The summed E-state index contributed by atoms with van der Waals surface area (Å²) < 4.78 is 5.85. The molecule has 3 aromatic rings. The summed E-state index contributed by atoms with van der Waals surface area (Å²) in [6, 6.07) is 9.88. The maximum Gasteiger partial charge on any atom is 0.227 e. The van der Waals surface area contributed by atoms with Gasteiger partial charge in [0.1, 0.15) is 5.75 Å². The number of hydrogen-bond donors (Lipinski definition) is 1. The summed E-state index contributed by atoms with van der Waals surface area (Å²) >= 11 is 0. The Morgan fingerprint density at radius 3 is 2.86 bits per heavy atom. The van der Waals surface area contributed by atoms with Gasteiger partial charge < -0.3 is 10.1 Å². The number of nitrogens with one attached hydrogen (secondary N) is 1. The SMILES string of the molecule is CCNc1ncc(C)c(Oc2cnc3ccccc3c2)n1. The van der Waals surface area contributed by atoms with E-state index in [2.05, 4.69) is 20.3 Å². The standard InChI is InChI=1S/C16H16N4O/c1-3-17-16-19-9-11(2)15(20-16)21-13-8-12-6-4-5-7-14(12)18-10-13/h4-10H,3H2,1-2H3,(H,17,19,20). The van der Waals surface area contributed by atoms with Gasteiger partial charge in [-0.1, -0.05) is 18.2 Å². The van der Waals surface area contributed by atoms with Crippen LogP contribution in [0.15, 0.2) is 42.7 Å². The van der Waals surface area contributed by atoms with Gasteiger partial charge in [-0.2, -0.15) is 4.98 Å². The predicted octanol–water partition coefficient (Wildman–Crippen LogP) is 3.56. The van der Waals surface area contributed by atoms with E-state index in [-0.39, 0.29) is 0 Å². The van der Waals surface area contributed by atoms with E-state index in [0.717, 1.165) is 23.0 Å². The van der Waals surface area contributed by atoms with Crippen molar-refractivity contribution in [3.8, 4) is 11.6 Å². The molecule has 3 rings (SSSR count). The minimum Gasteiger partial charge on any atom is -0.437 e. The number of anilines is 1. The molecular weight excluding hydrogens is 264 g/mol. The predicted molar refractivity (Wildman–Crippen MR) is 82.7 cm³/mol. The van der Waals surface area contributed by atoms with Crippen LogP contribution in [0.2, 0.25) is 0 Å². The quantitative estimate of drug-likeness (QED) is 0.791. The zero-order valence-corrected chi connectivity index (χ0v) is 12.0. The van der Waals surface area contributed by atoms with Gasteiger partial charge in [0.25, 0.3) is 0 Å². The number of ether oxygens (including phenoxy) is 1. The number of aromatic nitrogens is 3. The lowest BCUT2D eigenvalue weighted by atomic mass is 10.2. The molecule has 0 aliphatic rings. The molecule has 5 nitrogen and oxygen atoms in total. The van der Waals surface area contributed by atoms with Crippen molar-refractivity contribution in [2.24, 2.45) is 0 Å². The van der Waals surface area contributed by atoms with Crippen LogP contribution in [0.4, 0.5) is 5.95 Å². The molecule has 0 amide bonds. The maximum atomic E-state index is 5.85. The van der Waals surface area contributed by atoms with E-state index in [1.54, 1.807) is 12.4 Å². The molecule has 1 aromatic carbocycles. The van der Waals surface area contributed by atoms with Crippen molar-refractivity contribution in [3.05, 3.63) is 48.3 Å². The molecule has 0 atom stereocenters. The fraction of sp³-hybridized carbons (Fsp3) is 0.188. The number of pyridine rings is 1. The first kappa shape index (κ1) is 13.3. The molecule has 0 spiro atoms. The van der Waals surface area contributed by atoms with Gasteiger partial charge in [0, 0.05) is 23.7 Å².